The highest BCUT2D eigenvalue weighted by Crippen LogP contribution is 2.21. The number of rotatable bonds is 7. The SMILES string of the molecule is Cc1ccc2nc(COc3ccc(C(=O)Nc4ccc(CN5CCSCC5)cc4C)cc3)cn2c1. The molecule has 0 spiro atoms. The van der Waals surface area contributed by atoms with Crippen molar-refractivity contribution in [3.8, 4) is 5.75 Å². The van der Waals surface area contributed by atoms with E-state index in [1.807, 2.05) is 65.8 Å². The zero-order valence-electron chi connectivity index (χ0n) is 20.2. The van der Waals surface area contributed by atoms with Crippen molar-refractivity contribution in [1.82, 2.24) is 14.3 Å². The number of nitrogens with zero attached hydrogens (tertiary/aromatic N) is 3. The number of carbonyl (C=O) groups excluding carboxylic acids is 1. The van der Waals surface area contributed by atoms with E-state index in [1.54, 1.807) is 12.1 Å². The average Bonchev–Trinajstić information content (AvgIpc) is 3.27. The minimum absolute atomic E-state index is 0.129. The van der Waals surface area contributed by atoms with E-state index < -0.39 is 0 Å². The lowest BCUT2D eigenvalue weighted by Gasteiger charge is -2.26. The van der Waals surface area contributed by atoms with Gasteiger partial charge < -0.3 is 14.5 Å². The molecule has 1 saturated heterocycles. The fourth-order valence-corrected chi connectivity index (χ4v) is 5.24. The third-order valence-electron chi connectivity index (χ3n) is 6.20. The molecule has 2 aromatic carbocycles. The van der Waals surface area contributed by atoms with Crippen LogP contribution in [0.1, 0.15) is 32.7 Å². The van der Waals surface area contributed by atoms with Crippen molar-refractivity contribution < 1.29 is 9.53 Å². The molecule has 0 radical (unpaired) electrons. The number of nitrogens with one attached hydrogen (secondary N) is 1. The third kappa shape index (κ3) is 5.86. The Kier molecular flexibility index (Phi) is 7.06. The molecule has 1 N–H and O–H groups in total. The molecular formula is C28H30N4O2S. The van der Waals surface area contributed by atoms with Gasteiger partial charge in [-0.3, -0.25) is 9.69 Å². The van der Waals surface area contributed by atoms with Gasteiger partial charge in [-0.1, -0.05) is 18.2 Å². The molecule has 1 amide bonds. The van der Waals surface area contributed by atoms with Gasteiger partial charge in [0.05, 0.1) is 5.69 Å². The zero-order chi connectivity index (χ0) is 24.2. The summed E-state index contributed by atoms with van der Waals surface area (Å²) < 4.78 is 7.89. The van der Waals surface area contributed by atoms with Crippen molar-refractivity contribution in [2.45, 2.75) is 27.0 Å². The lowest BCUT2D eigenvalue weighted by atomic mass is 10.1. The topological polar surface area (TPSA) is 58.9 Å². The Bertz CT molecular complexity index is 1330. The van der Waals surface area contributed by atoms with Crippen LogP contribution in [0.5, 0.6) is 5.75 Å². The summed E-state index contributed by atoms with van der Waals surface area (Å²) in [6.07, 6.45) is 4.02. The second-order valence-electron chi connectivity index (χ2n) is 9.01. The summed E-state index contributed by atoms with van der Waals surface area (Å²) in [5.74, 6) is 2.98. The summed E-state index contributed by atoms with van der Waals surface area (Å²) in [5, 5.41) is 3.04. The largest absolute Gasteiger partial charge is 0.487 e. The van der Waals surface area contributed by atoms with Gasteiger partial charge in [0, 0.05) is 54.8 Å². The molecule has 1 aliphatic heterocycles. The summed E-state index contributed by atoms with van der Waals surface area (Å²) in [6.45, 7) is 7.71. The average molecular weight is 487 g/mol. The predicted molar refractivity (Wildman–Crippen MR) is 142 cm³/mol. The summed E-state index contributed by atoms with van der Waals surface area (Å²) in [7, 11) is 0. The molecule has 0 unspecified atom stereocenters. The fourth-order valence-electron chi connectivity index (χ4n) is 4.26. The first kappa shape index (κ1) is 23.5. The van der Waals surface area contributed by atoms with Crippen molar-refractivity contribution in [3.05, 3.63) is 94.9 Å². The predicted octanol–water partition coefficient (Wildman–Crippen LogP) is 5.33. The molecule has 4 aromatic rings. The molecule has 3 heterocycles. The van der Waals surface area contributed by atoms with Crippen LogP contribution in [0, 0.1) is 13.8 Å². The second kappa shape index (κ2) is 10.5. The number of imidazole rings is 1. The second-order valence-corrected chi connectivity index (χ2v) is 10.2. The molecule has 7 heteroatoms. The molecule has 0 saturated carbocycles. The standard InChI is InChI=1S/C28H30N4O2S/c1-20-3-10-27-29-24(18-32(27)16-20)19-34-25-7-5-23(6-8-25)28(33)30-26-9-4-22(15-21(26)2)17-31-11-13-35-14-12-31/h3-10,15-16,18H,11-14,17,19H2,1-2H3,(H,30,33). The Hall–Kier alpha value is -3.29. The normalized spacial score (nSPS) is 14.2. The number of aryl methyl sites for hydroxylation is 2. The summed E-state index contributed by atoms with van der Waals surface area (Å²) in [5.41, 5.74) is 6.73. The number of benzene rings is 2. The maximum absolute atomic E-state index is 12.8. The zero-order valence-corrected chi connectivity index (χ0v) is 21.0. The molecule has 2 aromatic heterocycles. The summed E-state index contributed by atoms with van der Waals surface area (Å²) in [4.78, 5) is 19.9. The van der Waals surface area contributed by atoms with Crippen molar-refractivity contribution >= 4 is 29.0 Å². The van der Waals surface area contributed by atoms with Crippen molar-refractivity contribution in [2.75, 3.05) is 29.9 Å². The van der Waals surface area contributed by atoms with Crippen LogP contribution in [0.25, 0.3) is 5.65 Å². The number of hydrogen-bond donors (Lipinski definition) is 1. The number of amides is 1. The first-order chi connectivity index (χ1) is 17.0. The van der Waals surface area contributed by atoms with E-state index in [-0.39, 0.29) is 5.91 Å². The minimum Gasteiger partial charge on any atom is -0.487 e. The van der Waals surface area contributed by atoms with E-state index >= 15 is 0 Å². The maximum Gasteiger partial charge on any atom is 0.255 e. The Morgan fingerprint density at radius 2 is 1.83 bits per heavy atom. The molecule has 0 bridgehead atoms. The molecule has 1 fully saturated rings. The van der Waals surface area contributed by atoms with Crippen LogP contribution < -0.4 is 10.1 Å². The van der Waals surface area contributed by atoms with Gasteiger partial charge in [-0.15, -0.1) is 0 Å². The van der Waals surface area contributed by atoms with Gasteiger partial charge in [-0.05, 0) is 66.9 Å². The molecular weight excluding hydrogens is 456 g/mol. The van der Waals surface area contributed by atoms with Crippen molar-refractivity contribution in [2.24, 2.45) is 0 Å². The number of hydrogen-bond acceptors (Lipinski definition) is 5. The molecule has 180 valence electrons. The fraction of sp³-hybridized carbons (Fsp3) is 0.286. The van der Waals surface area contributed by atoms with Gasteiger partial charge in [0.2, 0.25) is 0 Å². The first-order valence-electron chi connectivity index (χ1n) is 11.9. The van der Waals surface area contributed by atoms with E-state index in [9.17, 15) is 4.79 Å². The number of carbonyl (C=O) groups is 1. The molecule has 1 aliphatic rings. The number of thioether (sulfide) groups is 1. The van der Waals surface area contributed by atoms with E-state index in [0.717, 1.165) is 42.2 Å². The van der Waals surface area contributed by atoms with E-state index in [2.05, 4.69) is 34.3 Å². The van der Waals surface area contributed by atoms with Crippen LogP contribution in [-0.2, 0) is 13.2 Å². The van der Waals surface area contributed by atoms with Crippen LogP contribution in [0.3, 0.4) is 0 Å². The van der Waals surface area contributed by atoms with Crippen LogP contribution in [-0.4, -0.2) is 44.8 Å². The smallest absolute Gasteiger partial charge is 0.255 e. The Morgan fingerprint density at radius 3 is 2.60 bits per heavy atom. The molecule has 6 nitrogen and oxygen atoms in total. The highest BCUT2D eigenvalue weighted by atomic mass is 32.2. The van der Waals surface area contributed by atoms with Gasteiger partial charge in [0.15, 0.2) is 0 Å². The van der Waals surface area contributed by atoms with Crippen molar-refractivity contribution in [1.29, 1.82) is 0 Å². The first-order valence-corrected chi connectivity index (χ1v) is 13.1. The minimum atomic E-state index is -0.129. The molecule has 35 heavy (non-hydrogen) atoms. The van der Waals surface area contributed by atoms with Gasteiger partial charge in [0.1, 0.15) is 18.0 Å². The Balaban J connectivity index is 1.17. The van der Waals surface area contributed by atoms with E-state index in [0.29, 0.717) is 17.9 Å². The maximum atomic E-state index is 12.8. The Labute approximate surface area is 210 Å². The van der Waals surface area contributed by atoms with Crippen molar-refractivity contribution in [3.63, 3.8) is 0 Å². The number of ether oxygens (including phenoxy) is 1. The lowest BCUT2D eigenvalue weighted by Crippen LogP contribution is -2.31. The lowest BCUT2D eigenvalue weighted by molar-refractivity contribution is 0.102. The number of aromatic nitrogens is 2. The monoisotopic (exact) mass is 486 g/mol. The van der Waals surface area contributed by atoms with E-state index in [1.165, 1.54) is 22.6 Å². The van der Waals surface area contributed by atoms with E-state index in [4.69, 9.17) is 4.74 Å². The summed E-state index contributed by atoms with van der Waals surface area (Å²) >= 11 is 2.02. The summed E-state index contributed by atoms with van der Waals surface area (Å²) in [6, 6.07) is 17.6. The molecule has 0 atom stereocenters. The number of fused-ring (bicyclic) bond motifs is 1. The molecule has 0 aliphatic carbocycles. The quantitative estimate of drug-likeness (QED) is 0.383. The van der Waals surface area contributed by atoms with Gasteiger partial charge in [0.25, 0.3) is 5.91 Å². The molecule has 5 rings (SSSR count). The number of pyridine rings is 1. The van der Waals surface area contributed by atoms with Gasteiger partial charge >= 0.3 is 0 Å². The highest BCUT2D eigenvalue weighted by Gasteiger charge is 2.13. The van der Waals surface area contributed by atoms with Gasteiger partial charge in [-0.2, -0.15) is 11.8 Å². The van der Waals surface area contributed by atoms with Crippen LogP contribution in [0.15, 0.2) is 67.0 Å². The van der Waals surface area contributed by atoms with Gasteiger partial charge in [-0.25, -0.2) is 4.98 Å². The van der Waals surface area contributed by atoms with Crippen LogP contribution in [0.2, 0.25) is 0 Å². The van der Waals surface area contributed by atoms with Crippen LogP contribution >= 0.6 is 11.8 Å². The number of anilines is 1. The van der Waals surface area contributed by atoms with Crippen LogP contribution in [0.4, 0.5) is 5.69 Å². The Morgan fingerprint density at radius 1 is 1.03 bits per heavy atom. The highest BCUT2D eigenvalue weighted by molar-refractivity contribution is 7.99. The third-order valence-corrected chi connectivity index (χ3v) is 7.14.